The van der Waals surface area contributed by atoms with E-state index in [0.717, 1.165) is 18.7 Å². The van der Waals surface area contributed by atoms with Crippen molar-refractivity contribution >= 4 is 17.4 Å². The number of anilines is 2. The van der Waals surface area contributed by atoms with Gasteiger partial charge in [0.2, 0.25) is 0 Å². The summed E-state index contributed by atoms with van der Waals surface area (Å²) in [6.45, 7) is 3.08. The minimum atomic E-state index is -0.231. The number of nitrogens with one attached hydrogen (secondary N) is 2. The van der Waals surface area contributed by atoms with Crippen LogP contribution in [-0.2, 0) is 4.79 Å². The number of hydrogen-bond acceptors (Lipinski definition) is 4. The van der Waals surface area contributed by atoms with Crippen molar-refractivity contribution in [3.8, 4) is 5.75 Å². The first-order valence-electron chi connectivity index (χ1n) is 7.95. The molecule has 0 aliphatic carbocycles. The molecule has 0 fully saturated rings. The molecule has 1 heterocycles. The highest BCUT2D eigenvalue weighted by atomic mass is 16.5. The van der Waals surface area contributed by atoms with Gasteiger partial charge in [0.25, 0.3) is 5.91 Å². The molecule has 0 aliphatic heterocycles. The standard InChI is InChI=1S/C18H23N3O2/c1-2-3-7-12-19-15-10-11-17(20-13-15)21-18(22)14-23-16-8-5-4-6-9-16/h4-6,8-11,13,19H,2-3,7,12,14H2,1H3,(H,20,21,22). The highest BCUT2D eigenvalue weighted by molar-refractivity contribution is 5.91. The topological polar surface area (TPSA) is 63.2 Å². The molecule has 1 aromatic heterocycles. The second-order valence-corrected chi connectivity index (χ2v) is 5.22. The van der Waals surface area contributed by atoms with Crippen LogP contribution < -0.4 is 15.4 Å². The second-order valence-electron chi connectivity index (χ2n) is 5.22. The molecule has 2 aromatic rings. The Balaban J connectivity index is 1.73. The number of para-hydroxylation sites is 1. The molecule has 0 unspecified atom stereocenters. The van der Waals surface area contributed by atoms with Gasteiger partial charge in [-0.05, 0) is 30.7 Å². The number of carbonyl (C=O) groups is 1. The van der Waals surface area contributed by atoms with Gasteiger partial charge < -0.3 is 15.4 Å². The molecule has 1 aromatic carbocycles. The van der Waals surface area contributed by atoms with Crippen LogP contribution in [0.4, 0.5) is 11.5 Å². The molecule has 2 N–H and O–H groups in total. The number of aromatic nitrogens is 1. The van der Waals surface area contributed by atoms with Crippen LogP contribution in [0.15, 0.2) is 48.7 Å². The van der Waals surface area contributed by atoms with Gasteiger partial charge in [0, 0.05) is 6.54 Å². The zero-order valence-electron chi connectivity index (χ0n) is 13.4. The van der Waals surface area contributed by atoms with E-state index in [1.165, 1.54) is 12.8 Å². The van der Waals surface area contributed by atoms with Gasteiger partial charge in [-0.15, -0.1) is 0 Å². The maximum Gasteiger partial charge on any atom is 0.263 e. The fraction of sp³-hybridized carbons (Fsp3) is 0.333. The molecule has 2 rings (SSSR count). The minimum absolute atomic E-state index is 0.0390. The maximum absolute atomic E-state index is 11.8. The zero-order valence-corrected chi connectivity index (χ0v) is 13.4. The van der Waals surface area contributed by atoms with Crippen LogP contribution in [0.25, 0.3) is 0 Å². The first kappa shape index (κ1) is 16.8. The Hall–Kier alpha value is -2.56. The van der Waals surface area contributed by atoms with Crippen molar-refractivity contribution in [2.45, 2.75) is 26.2 Å². The van der Waals surface area contributed by atoms with Crippen molar-refractivity contribution in [2.24, 2.45) is 0 Å². The summed E-state index contributed by atoms with van der Waals surface area (Å²) in [7, 11) is 0. The molecule has 1 amide bonds. The third-order valence-electron chi connectivity index (χ3n) is 3.25. The molecule has 122 valence electrons. The summed E-state index contributed by atoms with van der Waals surface area (Å²) in [5.74, 6) is 0.956. The Bertz CT molecular complexity index is 585. The molecule has 0 saturated heterocycles. The van der Waals surface area contributed by atoms with Crippen LogP contribution in [-0.4, -0.2) is 24.0 Å². The summed E-state index contributed by atoms with van der Waals surface area (Å²) in [5.41, 5.74) is 0.958. The first-order valence-corrected chi connectivity index (χ1v) is 7.95. The average Bonchev–Trinajstić information content (AvgIpc) is 2.59. The van der Waals surface area contributed by atoms with Crippen LogP contribution in [0.1, 0.15) is 26.2 Å². The lowest BCUT2D eigenvalue weighted by Crippen LogP contribution is -2.20. The number of amides is 1. The van der Waals surface area contributed by atoms with Crippen molar-refractivity contribution in [1.29, 1.82) is 0 Å². The molecule has 0 bridgehead atoms. The fourth-order valence-electron chi connectivity index (χ4n) is 2.02. The Morgan fingerprint density at radius 1 is 1.13 bits per heavy atom. The number of rotatable bonds is 9. The highest BCUT2D eigenvalue weighted by Crippen LogP contribution is 2.11. The summed E-state index contributed by atoms with van der Waals surface area (Å²) in [6, 6.07) is 12.9. The fourth-order valence-corrected chi connectivity index (χ4v) is 2.02. The lowest BCUT2D eigenvalue weighted by atomic mass is 10.2. The van der Waals surface area contributed by atoms with Crippen LogP contribution in [0.3, 0.4) is 0 Å². The monoisotopic (exact) mass is 313 g/mol. The van der Waals surface area contributed by atoms with Crippen LogP contribution >= 0.6 is 0 Å². The number of ether oxygens (including phenoxy) is 1. The smallest absolute Gasteiger partial charge is 0.263 e. The average molecular weight is 313 g/mol. The predicted molar refractivity (Wildman–Crippen MR) is 92.8 cm³/mol. The van der Waals surface area contributed by atoms with Crippen molar-refractivity contribution in [3.63, 3.8) is 0 Å². The number of benzene rings is 1. The van der Waals surface area contributed by atoms with E-state index < -0.39 is 0 Å². The van der Waals surface area contributed by atoms with Gasteiger partial charge in [-0.1, -0.05) is 38.0 Å². The summed E-state index contributed by atoms with van der Waals surface area (Å²) < 4.78 is 5.39. The Labute approximate surface area is 137 Å². The molecule has 23 heavy (non-hydrogen) atoms. The van der Waals surface area contributed by atoms with E-state index in [1.54, 1.807) is 12.3 Å². The lowest BCUT2D eigenvalue weighted by Gasteiger charge is -2.08. The second kappa shape index (κ2) is 9.46. The zero-order chi connectivity index (χ0) is 16.3. The first-order chi connectivity index (χ1) is 11.3. The minimum Gasteiger partial charge on any atom is -0.484 e. The molecular formula is C18H23N3O2. The van der Waals surface area contributed by atoms with E-state index >= 15 is 0 Å². The van der Waals surface area contributed by atoms with E-state index in [0.29, 0.717) is 11.6 Å². The third-order valence-corrected chi connectivity index (χ3v) is 3.25. The molecule has 0 spiro atoms. The Morgan fingerprint density at radius 3 is 2.65 bits per heavy atom. The van der Waals surface area contributed by atoms with Crippen molar-refractivity contribution < 1.29 is 9.53 Å². The number of carbonyl (C=O) groups excluding carboxylic acids is 1. The van der Waals surface area contributed by atoms with Gasteiger partial charge in [-0.25, -0.2) is 4.98 Å². The summed E-state index contributed by atoms with van der Waals surface area (Å²) >= 11 is 0. The highest BCUT2D eigenvalue weighted by Gasteiger charge is 2.04. The third kappa shape index (κ3) is 6.38. The van der Waals surface area contributed by atoms with Crippen LogP contribution in [0.2, 0.25) is 0 Å². The number of nitrogens with zero attached hydrogens (tertiary/aromatic N) is 1. The van der Waals surface area contributed by atoms with E-state index in [-0.39, 0.29) is 12.5 Å². The molecule has 0 aliphatic rings. The van der Waals surface area contributed by atoms with Crippen LogP contribution in [0, 0.1) is 0 Å². The van der Waals surface area contributed by atoms with Gasteiger partial charge in [-0.2, -0.15) is 0 Å². The largest absolute Gasteiger partial charge is 0.484 e. The number of hydrogen-bond donors (Lipinski definition) is 2. The quantitative estimate of drug-likeness (QED) is 0.693. The lowest BCUT2D eigenvalue weighted by molar-refractivity contribution is -0.118. The molecule has 0 radical (unpaired) electrons. The van der Waals surface area contributed by atoms with Gasteiger partial charge in [0.15, 0.2) is 6.61 Å². The van der Waals surface area contributed by atoms with Gasteiger partial charge in [0.05, 0.1) is 11.9 Å². The van der Waals surface area contributed by atoms with Crippen molar-refractivity contribution in [1.82, 2.24) is 4.98 Å². The van der Waals surface area contributed by atoms with E-state index in [4.69, 9.17) is 4.74 Å². The van der Waals surface area contributed by atoms with E-state index in [2.05, 4.69) is 22.5 Å². The SMILES string of the molecule is CCCCCNc1ccc(NC(=O)COc2ccccc2)nc1. The number of unbranched alkanes of at least 4 members (excludes halogenated alkanes) is 2. The normalized spacial score (nSPS) is 10.1. The molecule has 5 nitrogen and oxygen atoms in total. The van der Waals surface area contributed by atoms with E-state index in [9.17, 15) is 4.79 Å². The van der Waals surface area contributed by atoms with Gasteiger partial charge >= 0.3 is 0 Å². The summed E-state index contributed by atoms with van der Waals surface area (Å²) in [5, 5.41) is 6.02. The molecule has 0 saturated carbocycles. The Kier molecular flexibility index (Phi) is 6.91. The maximum atomic E-state index is 11.8. The predicted octanol–water partition coefficient (Wildman–Crippen LogP) is 3.70. The number of pyridine rings is 1. The van der Waals surface area contributed by atoms with Gasteiger partial charge in [-0.3, -0.25) is 4.79 Å². The molecular weight excluding hydrogens is 290 g/mol. The summed E-state index contributed by atoms with van der Waals surface area (Å²) in [4.78, 5) is 16.0. The molecule has 5 heteroatoms. The Morgan fingerprint density at radius 2 is 1.96 bits per heavy atom. The van der Waals surface area contributed by atoms with Crippen LogP contribution in [0.5, 0.6) is 5.75 Å². The van der Waals surface area contributed by atoms with Crippen molar-refractivity contribution in [2.75, 3.05) is 23.8 Å². The van der Waals surface area contributed by atoms with Crippen molar-refractivity contribution in [3.05, 3.63) is 48.7 Å². The van der Waals surface area contributed by atoms with Gasteiger partial charge in [0.1, 0.15) is 11.6 Å². The summed E-state index contributed by atoms with van der Waals surface area (Å²) in [6.07, 6.45) is 5.29. The molecule has 0 atom stereocenters. The van der Waals surface area contributed by atoms with E-state index in [1.807, 2.05) is 36.4 Å².